The first kappa shape index (κ1) is 29.8. The second-order valence-corrected chi connectivity index (χ2v) is 10.6. The highest BCUT2D eigenvalue weighted by Crippen LogP contribution is 2.36. The second kappa shape index (κ2) is 12.0. The first-order valence-electron chi connectivity index (χ1n) is 10.9. The number of alkyl halides is 6. The SMILES string of the molecule is FC(F)(F)CN1CC(c2ccc(Br)cc2Cl)C1.O=C(O)Nc1ccc(C2CN(CC(F)(F)F)C2)c(Cl)c1. The van der Waals surface area contributed by atoms with E-state index in [2.05, 4.69) is 21.2 Å². The average molecular weight is 637 g/mol. The Hall–Kier alpha value is -1.73. The number of likely N-dealkylation sites (tertiary alicyclic amines) is 2. The van der Waals surface area contributed by atoms with Gasteiger partial charge in [0, 0.05) is 58.2 Å². The summed E-state index contributed by atoms with van der Waals surface area (Å²) in [4.78, 5) is 13.1. The maximum atomic E-state index is 12.2. The minimum Gasteiger partial charge on any atom is -0.465 e. The van der Waals surface area contributed by atoms with Crippen LogP contribution >= 0.6 is 39.1 Å². The minimum atomic E-state index is -4.19. The number of benzene rings is 2. The Bertz CT molecular complexity index is 1110. The van der Waals surface area contributed by atoms with Crippen LogP contribution < -0.4 is 5.32 Å². The quantitative estimate of drug-likeness (QED) is 0.335. The molecule has 0 radical (unpaired) electrons. The molecule has 2 N–H and O–H groups in total. The van der Waals surface area contributed by atoms with Gasteiger partial charge in [-0.25, -0.2) is 4.79 Å². The van der Waals surface area contributed by atoms with E-state index >= 15 is 0 Å². The molecule has 0 atom stereocenters. The third-order valence-electron chi connectivity index (χ3n) is 5.81. The number of nitrogens with zero attached hydrogens (tertiary/aromatic N) is 2. The predicted molar refractivity (Wildman–Crippen MR) is 133 cm³/mol. The van der Waals surface area contributed by atoms with Crippen LogP contribution in [0.3, 0.4) is 0 Å². The fourth-order valence-electron chi connectivity index (χ4n) is 4.19. The number of carbonyl (C=O) groups is 1. The molecule has 1 amide bonds. The molecule has 0 aromatic heterocycles. The molecule has 2 saturated heterocycles. The van der Waals surface area contributed by atoms with Crippen LogP contribution in [0.1, 0.15) is 23.0 Å². The van der Waals surface area contributed by atoms with Gasteiger partial charge in [-0.15, -0.1) is 0 Å². The first-order valence-corrected chi connectivity index (χ1v) is 12.5. The van der Waals surface area contributed by atoms with Crippen molar-refractivity contribution in [2.75, 3.05) is 44.6 Å². The summed E-state index contributed by atoms with van der Waals surface area (Å²) in [6, 6.07) is 10.1. The van der Waals surface area contributed by atoms with Crippen LogP contribution in [-0.4, -0.2) is 72.6 Å². The van der Waals surface area contributed by atoms with Crippen molar-refractivity contribution in [3.05, 3.63) is 62.0 Å². The van der Waals surface area contributed by atoms with Gasteiger partial charge >= 0.3 is 18.4 Å². The van der Waals surface area contributed by atoms with Gasteiger partial charge in [0.1, 0.15) is 0 Å². The van der Waals surface area contributed by atoms with Crippen LogP contribution in [0.25, 0.3) is 0 Å². The predicted octanol–water partition coefficient (Wildman–Crippen LogP) is 7.46. The van der Waals surface area contributed by atoms with Gasteiger partial charge in [0.2, 0.25) is 0 Å². The molecule has 0 aliphatic carbocycles. The van der Waals surface area contributed by atoms with Crippen LogP contribution in [-0.2, 0) is 0 Å². The van der Waals surface area contributed by atoms with Crippen molar-refractivity contribution in [3.63, 3.8) is 0 Å². The van der Waals surface area contributed by atoms with Crippen LogP contribution in [0.5, 0.6) is 0 Å². The second-order valence-electron chi connectivity index (χ2n) is 8.84. The molecule has 2 heterocycles. The van der Waals surface area contributed by atoms with Gasteiger partial charge in [-0.05, 0) is 35.4 Å². The Kier molecular flexibility index (Phi) is 9.66. The highest BCUT2D eigenvalue weighted by Gasteiger charge is 2.39. The largest absolute Gasteiger partial charge is 0.465 e. The standard InChI is InChI=1S/C12H12ClF3N2O2.C11H10BrClF3N/c13-10-3-8(17-11(19)20)1-2-9(10)7-4-18(5-7)6-12(14,15)16;12-8-1-2-9(10(13)3-8)7-4-17(5-7)6-11(14,15)16/h1-3,7,17H,4-6H2,(H,19,20);1-3,7H,4-6H2. The summed E-state index contributed by atoms with van der Waals surface area (Å²) in [6.45, 7) is -0.324. The fourth-order valence-corrected chi connectivity index (χ4v) is 5.35. The number of rotatable bonds is 5. The van der Waals surface area contributed by atoms with Crippen LogP contribution in [0.15, 0.2) is 40.9 Å². The molecular weight excluding hydrogens is 615 g/mol. The molecule has 14 heteroatoms. The lowest BCUT2D eigenvalue weighted by Gasteiger charge is -2.40. The zero-order chi connectivity index (χ0) is 27.5. The molecule has 37 heavy (non-hydrogen) atoms. The van der Waals surface area contributed by atoms with Gasteiger partial charge in [-0.1, -0.05) is 51.3 Å². The van der Waals surface area contributed by atoms with E-state index in [0.717, 1.165) is 15.6 Å². The van der Waals surface area contributed by atoms with Gasteiger partial charge in [-0.3, -0.25) is 15.1 Å². The molecule has 2 fully saturated rings. The summed E-state index contributed by atoms with van der Waals surface area (Å²) in [6.07, 6.45) is -9.51. The Labute approximate surface area is 227 Å². The minimum absolute atomic E-state index is 0.0521. The molecule has 2 aliphatic rings. The molecular formula is C23H22BrCl2F6N3O2. The summed E-state index contributed by atoms with van der Waals surface area (Å²) in [5, 5.41) is 11.7. The molecule has 5 nitrogen and oxygen atoms in total. The maximum Gasteiger partial charge on any atom is 0.409 e. The molecule has 204 valence electrons. The van der Waals surface area contributed by atoms with E-state index in [-0.39, 0.29) is 11.8 Å². The zero-order valence-electron chi connectivity index (χ0n) is 19.0. The highest BCUT2D eigenvalue weighted by molar-refractivity contribution is 9.10. The van der Waals surface area contributed by atoms with Crippen molar-refractivity contribution in [2.24, 2.45) is 0 Å². The van der Waals surface area contributed by atoms with Gasteiger partial charge in [0.25, 0.3) is 0 Å². The van der Waals surface area contributed by atoms with E-state index in [1.54, 1.807) is 18.2 Å². The molecule has 4 rings (SSSR count). The summed E-state index contributed by atoms with van der Waals surface area (Å²) in [7, 11) is 0. The van der Waals surface area contributed by atoms with E-state index in [0.29, 0.717) is 41.9 Å². The van der Waals surface area contributed by atoms with Crippen LogP contribution in [0, 0.1) is 0 Å². The van der Waals surface area contributed by atoms with E-state index in [4.69, 9.17) is 28.3 Å². The van der Waals surface area contributed by atoms with Crippen molar-refractivity contribution in [3.8, 4) is 0 Å². The molecule has 2 aliphatic heterocycles. The summed E-state index contributed by atoms with van der Waals surface area (Å²) < 4.78 is 73.8. The van der Waals surface area contributed by atoms with E-state index in [1.165, 1.54) is 15.9 Å². The zero-order valence-corrected chi connectivity index (χ0v) is 22.1. The topological polar surface area (TPSA) is 55.8 Å². The van der Waals surface area contributed by atoms with Crippen molar-refractivity contribution in [2.45, 2.75) is 24.2 Å². The lowest BCUT2D eigenvalue weighted by atomic mass is 9.91. The fraction of sp³-hybridized carbons (Fsp3) is 0.435. The normalized spacial score (nSPS) is 17.4. The number of halogens is 9. The molecule has 0 saturated carbocycles. The molecule has 2 aromatic rings. The van der Waals surface area contributed by atoms with Crippen LogP contribution in [0.2, 0.25) is 10.0 Å². The summed E-state index contributed by atoms with van der Waals surface area (Å²) in [5.41, 5.74) is 1.99. The Morgan fingerprint density at radius 2 is 1.30 bits per heavy atom. The number of hydrogen-bond acceptors (Lipinski definition) is 3. The van der Waals surface area contributed by atoms with Gasteiger partial charge in [0.05, 0.1) is 13.1 Å². The molecule has 0 bridgehead atoms. The van der Waals surface area contributed by atoms with Crippen molar-refractivity contribution in [1.29, 1.82) is 0 Å². The van der Waals surface area contributed by atoms with E-state index in [9.17, 15) is 31.1 Å². The number of amides is 1. The van der Waals surface area contributed by atoms with Gasteiger partial charge < -0.3 is 5.11 Å². The van der Waals surface area contributed by atoms with E-state index in [1.807, 2.05) is 12.1 Å². The highest BCUT2D eigenvalue weighted by atomic mass is 79.9. The average Bonchev–Trinajstić information content (AvgIpc) is 2.67. The molecule has 2 aromatic carbocycles. The maximum absolute atomic E-state index is 12.2. The van der Waals surface area contributed by atoms with Crippen LogP contribution in [0.4, 0.5) is 36.8 Å². The van der Waals surface area contributed by atoms with Crippen molar-refractivity contribution >= 4 is 50.9 Å². The Balaban J connectivity index is 0.000000208. The van der Waals surface area contributed by atoms with Crippen molar-refractivity contribution in [1.82, 2.24) is 9.80 Å². The number of carboxylic acid groups (broad SMARTS) is 1. The number of nitrogens with one attached hydrogen (secondary N) is 1. The molecule has 0 unspecified atom stereocenters. The lowest BCUT2D eigenvalue weighted by molar-refractivity contribution is -0.155. The van der Waals surface area contributed by atoms with Crippen molar-refractivity contribution < 1.29 is 36.2 Å². The lowest BCUT2D eigenvalue weighted by Crippen LogP contribution is -2.49. The monoisotopic (exact) mass is 635 g/mol. The van der Waals surface area contributed by atoms with Gasteiger partial charge in [0.15, 0.2) is 0 Å². The smallest absolute Gasteiger partial charge is 0.409 e. The van der Waals surface area contributed by atoms with Gasteiger partial charge in [-0.2, -0.15) is 26.3 Å². The van der Waals surface area contributed by atoms with E-state index < -0.39 is 31.5 Å². The summed E-state index contributed by atoms with van der Waals surface area (Å²) >= 11 is 15.4. The number of anilines is 1. The Morgan fingerprint density at radius 3 is 1.68 bits per heavy atom. The first-order chi connectivity index (χ1) is 17.1. The molecule has 0 spiro atoms. The third kappa shape index (κ3) is 9.20. The summed E-state index contributed by atoms with van der Waals surface area (Å²) in [5.74, 6) is 0.0571. The Morgan fingerprint density at radius 1 is 0.865 bits per heavy atom. The third-order valence-corrected chi connectivity index (χ3v) is 6.96. The number of hydrogen-bond donors (Lipinski definition) is 2.